The average Bonchev–Trinajstić information content (AvgIpc) is 2.20. The zero-order valence-electron chi connectivity index (χ0n) is 9.72. The Morgan fingerprint density at radius 2 is 2.20 bits per heavy atom. The van der Waals surface area contributed by atoms with E-state index in [1.165, 1.54) is 0 Å². The quantitative estimate of drug-likeness (QED) is 0.685. The van der Waals surface area contributed by atoms with E-state index in [9.17, 15) is 5.11 Å². The highest BCUT2D eigenvalue weighted by molar-refractivity contribution is 4.77. The van der Waals surface area contributed by atoms with E-state index >= 15 is 0 Å². The van der Waals surface area contributed by atoms with Gasteiger partial charge in [-0.1, -0.05) is 0 Å². The molecule has 1 heterocycles. The van der Waals surface area contributed by atoms with Gasteiger partial charge in [0.25, 0.3) is 0 Å². The van der Waals surface area contributed by atoms with Gasteiger partial charge in [-0.15, -0.1) is 0 Å². The molecule has 2 N–H and O–H groups in total. The Kier molecular flexibility index (Phi) is 5.53. The Labute approximate surface area is 91.8 Å². The van der Waals surface area contributed by atoms with Crippen molar-refractivity contribution < 1.29 is 14.9 Å². The fourth-order valence-electron chi connectivity index (χ4n) is 1.95. The fraction of sp³-hybridized carbons (Fsp3) is 1.00. The SMILES string of the molecule is CC(C)N(CCO)CC1COCCC1O. The Morgan fingerprint density at radius 3 is 2.73 bits per heavy atom. The third kappa shape index (κ3) is 4.07. The number of aliphatic hydroxyl groups is 2. The smallest absolute Gasteiger partial charge is 0.0624 e. The maximum Gasteiger partial charge on any atom is 0.0624 e. The summed E-state index contributed by atoms with van der Waals surface area (Å²) in [7, 11) is 0. The average molecular weight is 217 g/mol. The molecule has 90 valence electrons. The van der Waals surface area contributed by atoms with E-state index < -0.39 is 0 Å². The third-order valence-corrected chi connectivity index (χ3v) is 3.02. The van der Waals surface area contributed by atoms with Gasteiger partial charge in [-0.25, -0.2) is 0 Å². The van der Waals surface area contributed by atoms with Gasteiger partial charge in [0.2, 0.25) is 0 Å². The molecule has 1 aliphatic rings. The molecule has 1 saturated heterocycles. The number of hydrogen-bond donors (Lipinski definition) is 2. The van der Waals surface area contributed by atoms with Crippen molar-refractivity contribution >= 4 is 0 Å². The number of hydrogen-bond acceptors (Lipinski definition) is 4. The van der Waals surface area contributed by atoms with Crippen LogP contribution in [0.1, 0.15) is 20.3 Å². The lowest BCUT2D eigenvalue weighted by Gasteiger charge is -2.34. The molecular weight excluding hydrogens is 194 g/mol. The lowest BCUT2D eigenvalue weighted by Crippen LogP contribution is -2.44. The van der Waals surface area contributed by atoms with Gasteiger partial charge in [0.1, 0.15) is 0 Å². The molecular formula is C11H23NO3. The molecule has 0 aromatic carbocycles. The largest absolute Gasteiger partial charge is 0.395 e. The van der Waals surface area contributed by atoms with Gasteiger partial charge in [-0.2, -0.15) is 0 Å². The predicted octanol–water partition coefficient (Wildman–Crippen LogP) is 0.0865. The minimum atomic E-state index is -0.251. The lowest BCUT2D eigenvalue weighted by molar-refractivity contribution is -0.0505. The van der Waals surface area contributed by atoms with Crippen LogP contribution in [0.15, 0.2) is 0 Å². The third-order valence-electron chi connectivity index (χ3n) is 3.02. The van der Waals surface area contributed by atoms with E-state index in [0.29, 0.717) is 25.8 Å². The molecule has 4 nitrogen and oxygen atoms in total. The van der Waals surface area contributed by atoms with Crippen LogP contribution in [0, 0.1) is 5.92 Å². The predicted molar refractivity (Wildman–Crippen MR) is 58.7 cm³/mol. The van der Waals surface area contributed by atoms with E-state index in [-0.39, 0.29) is 18.6 Å². The van der Waals surface area contributed by atoms with Crippen LogP contribution in [0.2, 0.25) is 0 Å². The van der Waals surface area contributed by atoms with Gasteiger partial charge in [-0.05, 0) is 20.3 Å². The molecule has 0 radical (unpaired) electrons. The highest BCUT2D eigenvalue weighted by Gasteiger charge is 2.26. The summed E-state index contributed by atoms with van der Waals surface area (Å²) in [5.74, 6) is 0.188. The monoisotopic (exact) mass is 217 g/mol. The maximum atomic E-state index is 9.80. The van der Waals surface area contributed by atoms with Crippen LogP contribution in [0.25, 0.3) is 0 Å². The summed E-state index contributed by atoms with van der Waals surface area (Å²) in [4.78, 5) is 2.18. The fourth-order valence-corrected chi connectivity index (χ4v) is 1.95. The number of rotatable bonds is 5. The molecule has 0 amide bonds. The van der Waals surface area contributed by atoms with Crippen LogP contribution >= 0.6 is 0 Å². The first-order valence-corrected chi connectivity index (χ1v) is 5.76. The first kappa shape index (κ1) is 12.9. The van der Waals surface area contributed by atoms with Crippen molar-refractivity contribution in [2.24, 2.45) is 5.92 Å². The second-order valence-electron chi connectivity index (χ2n) is 4.50. The van der Waals surface area contributed by atoms with Crippen LogP contribution in [0.3, 0.4) is 0 Å². The van der Waals surface area contributed by atoms with Crippen LogP contribution in [0.5, 0.6) is 0 Å². The molecule has 0 aromatic heterocycles. The van der Waals surface area contributed by atoms with Crippen LogP contribution in [-0.4, -0.2) is 60.2 Å². The summed E-state index contributed by atoms with van der Waals surface area (Å²) in [5, 5.41) is 18.7. The molecule has 1 aliphatic heterocycles. The Balaban J connectivity index is 2.41. The normalized spacial score (nSPS) is 27.6. The summed E-state index contributed by atoms with van der Waals surface area (Å²) >= 11 is 0. The second kappa shape index (κ2) is 6.43. The van der Waals surface area contributed by atoms with Crippen LogP contribution in [0.4, 0.5) is 0 Å². The van der Waals surface area contributed by atoms with Crippen molar-refractivity contribution in [1.82, 2.24) is 4.90 Å². The summed E-state index contributed by atoms with van der Waals surface area (Å²) in [6, 6.07) is 0.395. The van der Waals surface area contributed by atoms with Crippen molar-refractivity contribution in [3.8, 4) is 0 Å². The summed E-state index contributed by atoms with van der Waals surface area (Å²) in [5.41, 5.74) is 0. The summed E-state index contributed by atoms with van der Waals surface area (Å²) in [6.07, 6.45) is 0.481. The standard InChI is InChI=1S/C11H23NO3/c1-9(2)12(4-5-13)7-10-8-15-6-3-11(10)14/h9-11,13-14H,3-8H2,1-2H3. The Morgan fingerprint density at radius 1 is 1.47 bits per heavy atom. The number of nitrogens with zero attached hydrogens (tertiary/aromatic N) is 1. The van der Waals surface area contributed by atoms with E-state index in [4.69, 9.17) is 9.84 Å². The van der Waals surface area contributed by atoms with Crippen molar-refractivity contribution in [2.75, 3.05) is 32.9 Å². The second-order valence-corrected chi connectivity index (χ2v) is 4.50. The van der Waals surface area contributed by atoms with Crippen molar-refractivity contribution in [1.29, 1.82) is 0 Å². The highest BCUT2D eigenvalue weighted by atomic mass is 16.5. The van der Waals surface area contributed by atoms with E-state index in [2.05, 4.69) is 18.7 Å². The van der Waals surface area contributed by atoms with E-state index in [1.54, 1.807) is 0 Å². The molecule has 0 bridgehead atoms. The summed E-state index contributed by atoms with van der Waals surface area (Å²) < 4.78 is 5.36. The molecule has 15 heavy (non-hydrogen) atoms. The minimum absolute atomic E-state index is 0.169. The molecule has 1 fully saturated rings. The van der Waals surface area contributed by atoms with Gasteiger partial charge in [0.15, 0.2) is 0 Å². The van der Waals surface area contributed by atoms with Gasteiger partial charge in [0.05, 0.1) is 19.3 Å². The highest BCUT2D eigenvalue weighted by Crippen LogP contribution is 2.16. The van der Waals surface area contributed by atoms with Gasteiger partial charge in [-0.3, -0.25) is 4.90 Å². The molecule has 1 rings (SSSR count). The van der Waals surface area contributed by atoms with Gasteiger partial charge < -0.3 is 14.9 Å². The lowest BCUT2D eigenvalue weighted by atomic mass is 9.97. The first-order chi connectivity index (χ1) is 7.15. The maximum absolute atomic E-state index is 9.80. The van der Waals surface area contributed by atoms with Crippen molar-refractivity contribution in [2.45, 2.75) is 32.4 Å². The van der Waals surface area contributed by atoms with Crippen LogP contribution < -0.4 is 0 Å². The molecule has 2 atom stereocenters. The summed E-state index contributed by atoms with van der Waals surface area (Å²) in [6.45, 7) is 7.15. The van der Waals surface area contributed by atoms with E-state index in [0.717, 1.165) is 13.0 Å². The molecule has 0 saturated carbocycles. The van der Waals surface area contributed by atoms with Crippen LogP contribution in [-0.2, 0) is 4.74 Å². The molecule has 4 heteroatoms. The zero-order valence-corrected chi connectivity index (χ0v) is 9.72. The Hall–Kier alpha value is -0.160. The zero-order chi connectivity index (χ0) is 11.3. The van der Waals surface area contributed by atoms with Crippen molar-refractivity contribution in [3.63, 3.8) is 0 Å². The van der Waals surface area contributed by atoms with Crippen molar-refractivity contribution in [3.05, 3.63) is 0 Å². The van der Waals surface area contributed by atoms with Gasteiger partial charge in [0, 0.05) is 31.7 Å². The molecule has 0 aliphatic carbocycles. The van der Waals surface area contributed by atoms with E-state index in [1.807, 2.05) is 0 Å². The number of ether oxygens (including phenoxy) is 1. The minimum Gasteiger partial charge on any atom is -0.395 e. The molecule has 0 aromatic rings. The first-order valence-electron chi connectivity index (χ1n) is 5.76. The Bertz CT molecular complexity index is 173. The number of aliphatic hydroxyl groups excluding tert-OH is 2. The molecule has 2 unspecified atom stereocenters. The van der Waals surface area contributed by atoms with Gasteiger partial charge >= 0.3 is 0 Å². The molecule has 0 spiro atoms. The topological polar surface area (TPSA) is 52.9 Å².